The van der Waals surface area contributed by atoms with Gasteiger partial charge in [-0.2, -0.15) is 0 Å². The molecule has 0 atom stereocenters. The second-order valence-electron chi connectivity index (χ2n) is 5.57. The number of amides is 2. The molecule has 132 valence electrons. The van der Waals surface area contributed by atoms with E-state index in [9.17, 15) is 9.59 Å². The summed E-state index contributed by atoms with van der Waals surface area (Å²) < 4.78 is 5.55. The summed E-state index contributed by atoms with van der Waals surface area (Å²) >= 11 is 5.80. The largest absolute Gasteiger partial charge is 0.494 e. The molecule has 0 aliphatic heterocycles. The average Bonchev–Trinajstić information content (AvgIpc) is 2.61. The second-order valence-corrected chi connectivity index (χ2v) is 6.01. The summed E-state index contributed by atoms with van der Waals surface area (Å²) in [6.45, 7) is 0.460. The number of para-hydroxylation sites is 1. The van der Waals surface area contributed by atoms with E-state index in [1.165, 1.54) is 4.90 Å². The van der Waals surface area contributed by atoms with Crippen molar-refractivity contribution in [1.29, 1.82) is 0 Å². The molecule has 0 spiro atoms. The monoisotopic (exact) mass is 360 g/mol. The predicted molar refractivity (Wildman–Crippen MR) is 98.9 cm³/mol. The van der Waals surface area contributed by atoms with Crippen molar-refractivity contribution in [1.82, 2.24) is 4.90 Å². The van der Waals surface area contributed by atoms with Crippen LogP contribution in [-0.2, 0) is 9.59 Å². The average molecular weight is 361 g/mol. The van der Waals surface area contributed by atoms with Crippen LogP contribution in [0.15, 0.2) is 54.6 Å². The molecule has 0 aromatic heterocycles. The van der Waals surface area contributed by atoms with E-state index in [-0.39, 0.29) is 18.4 Å². The molecule has 0 heterocycles. The fraction of sp³-hybridized carbons (Fsp3) is 0.263. The van der Waals surface area contributed by atoms with Gasteiger partial charge in [0, 0.05) is 24.2 Å². The van der Waals surface area contributed by atoms with Crippen molar-refractivity contribution in [3.63, 3.8) is 0 Å². The number of nitrogens with one attached hydrogen (secondary N) is 1. The molecule has 2 aromatic carbocycles. The Hall–Kier alpha value is -2.53. The van der Waals surface area contributed by atoms with Gasteiger partial charge in [-0.25, -0.2) is 0 Å². The summed E-state index contributed by atoms with van der Waals surface area (Å²) in [5.41, 5.74) is 0.645. The second kappa shape index (κ2) is 9.69. The summed E-state index contributed by atoms with van der Waals surface area (Å²) in [7, 11) is 1.61. The number of nitrogens with zero attached hydrogens (tertiary/aromatic N) is 1. The molecule has 0 aliphatic carbocycles. The molecule has 2 aromatic rings. The summed E-state index contributed by atoms with van der Waals surface area (Å²) in [6.07, 6.45) is 0.925. The highest BCUT2D eigenvalue weighted by Gasteiger charge is 2.13. The number of carbonyl (C=O) groups excluding carboxylic acids is 2. The molecular weight excluding hydrogens is 340 g/mol. The number of ether oxygens (including phenoxy) is 1. The Balaban J connectivity index is 1.67. The van der Waals surface area contributed by atoms with Gasteiger partial charge in [0.2, 0.25) is 11.8 Å². The van der Waals surface area contributed by atoms with Crippen LogP contribution in [0.5, 0.6) is 5.75 Å². The normalized spacial score (nSPS) is 10.2. The van der Waals surface area contributed by atoms with Gasteiger partial charge in [-0.05, 0) is 42.8 Å². The number of anilines is 1. The molecule has 1 N–H and O–H groups in total. The van der Waals surface area contributed by atoms with Crippen LogP contribution in [0.1, 0.15) is 12.8 Å². The molecule has 2 rings (SSSR count). The van der Waals surface area contributed by atoms with E-state index in [2.05, 4.69) is 5.32 Å². The molecule has 0 bridgehead atoms. The fourth-order valence-corrected chi connectivity index (χ4v) is 2.28. The van der Waals surface area contributed by atoms with Crippen LogP contribution in [0.3, 0.4) is 0 Å². The zero-order valence-electron chi connectivity index (χ0n) is 14.1. The van der Waals surface area contributed by atoms with Crippen molar-refractivity contribution in [2.75, 3.05) is 25.5 Å². The molecule has 0 unspecified atom stereocenters. The van der Waals surface area contributed by atoms with Gasteiger partial charge >= 0.3 is 0 Å². The number of rotatable bonds is 8. The SMILES string of the molecule is CN(CC(=O)Nc1ccc(Cl)cc1)C(=O)CCCOc1ccccc1. The third-order valence-electron chi connectivity index (χ3n) is 3.48. The van der Waals surface area contributed by atoms with E-state index in [1.807, 2.05) is 30.3 Å². The molecule has 2 amide bonds. The number of halogens is 1. The lowest BCUT2D eigenvalue weighted by Gasteiger charge is -2.17. The Kier molecular flexibility index (Phi) is 7.29. The first-order valence-corrected chi connectivity index (χ1v) is 8.39. The van der Waals surface area contributed by atoms with Gasteiger partial charge in [0.25, 0.3) is 0 Å². The van der Waals surface area contributed by atoms with Crippen molar-refractivity contribution in [3.05, 3.63) is 59.6 Å². The van der Waals surface area contributed by atoms with Crippen molar-refractivity contribution >= 4 is 29.1 Å². The Bertz CT molecular complexity index is 690. The molecule has 0 radical (unpaired) electrons. The number of carbonyl (C=O) groups is 2. The van der Waals surface area contributed by atoms with Crippen LogP contribution in [0.25, 0.3) is 0 Å². The van der Waals surface area contributed by atoms with Crippen LogP contribution < -0.4 is 10.1 Å². The molecule has 5 nitrogen and oxygen atoms in total. The van der Waals surface area contributed by atoms with Gasteiger partial charge < -0.3 is 15.0 Å². The Morgan fingerprint density at radius 1 is 1.08 bits per heavy atom. The van der Waals surface area contributed by atoms with E-state index >= 15 is 0 Å². The summed E-state index contributed by atoms with van der Waals surface area (Å²) in [4.78, 5) is 25.4. The van der Waals surface area contributed by atoms with Gasteiger partial charge in [-0.3, -0.25) is 9.59 Å². The third kappa shape index (κ3) is 6.85. The first-order valence-electron chi connectivity index (χ1n) is 8.02. The van der Waals surface area contributed by atoms with Crippen LogP contribution in [0.4, 0.5) is 5.69 Å². The fourth-order valence-electron chi connectivity index (χ4n) is 2.16. The number of benzene rings is 2. The van der Waals surface area contributed by atoms with Gasteiger partial charge in [-0.15, -0.1) is 0 Å². The zero-order valence-corrected chi connectivity index (χ0v) is 14.8. The Morgan fingerprint density at radius 3 is 2.44 bits per heavy atom. The molecule has 0 saturated carbocycles. The number of hydrogen-bond donors (Lipinski definition) is 1. The predicted octanol–water partition coefficient (Wildman–Crippen LogP) is 3.60. The lowest BCUT2D eigenvalue weighted by Crippen LogP contribution is -2.34. The Labute approximate surface area is 152 Å². The highest BCUT2D eigenvalue weighted by atomic mass is 35.5. The minimum atomic E-state index is -0.251. The van der Waals surface area contributed by atoms with Gasteiger partial charge in [0.1, 0.15) is 5.75 Å². The summed E-state index contributed by atoms with van der Waals surface area (Å²) in [5.74, 6) is 0.437. The van der Waals surface area contributed by atoms with E-state index < -0.39 is 0 Å². The summed E-state index contributed by atoms with van der Waals surface area (Å²) in [6, 6.07) is 16.3. The maximum absolute atomic E-state index is 12.1. The first-order chi connectivity index (χ1) is 12.0. The minimum absolute atomic E-state index is 0.000994. The minimum Gasteiger partial charge on any atom is -0.494 e. The topological polar surface area (TPSA) is 58.6 Å². The van der Waals surface area contributed by atoms with Crippen LogP contribution in [0, 0.1) is 0 Å². The maximum atomic E-state index is 12.1. The molecular formula is C19H21ClN2O3. The standard InChI is InChI=1S/C19H21ClN2O3/c1-22(14-18(23)21-16-11-9-15(20)10-12-16)19(24)8-5-13-25-17-6-3-2-4-7-17/h2-4,6-7,9-12H,5,8,13-14H2,1H3,(H,21,23). The lowest BCUT2D eigenvalue weighted by atomic mass is 10.3. The van der Waals surface area contributed by atoms with Crippen LogP contribution in [-0.4, -0.2) is 36.9 Å². The first kappa shape index (κ1) is 18.8. The van der Waals surface area contributed by atoms with Crippen LogP contribution >= 0.6 is 11.6 Å². The van der Waals surface area contributed by atoms with E-state index in [0.29, 0.717) is 30.2 Å². The smallest absolute Gasteiger partial charge is 0.243 e. The maximum Gasteiger partial charge on any atom is 0.243 e. The van der Waals surface area contributed by atoms with E-state index in [4.69, 9.17) is 16.3 Å². The number of hydrogen-bond acceptors (Lipinski definition) is 3. The highest BCUT2D eigenvalue weighted by molar-refractivity contribution is 6.30. The van der Waals surface area contributed by atoms with Gasteiger partial charge in [0.05, 0.1) is 13.2 Å². The van der Waals surface area contributed by atoms with Crippen molar-refractivity contribution in [3.8, 4) is 5.75 Å². The Morgan fingerprint density at radius 2 is 1.76 bits per heavy atom. The number of likely N-dealkylation sites (N-methyl/N-ethyl adjacent to an activating group) is 1. The van der Waals surface area contributed by atoms with Crippen LogP contribution in [0.2, 0.25) is 5.02 Å². The lowest BCUT2D eigenvalue weighted by molar-refractivity contribution is -0.133. The summed E-state index contributed by atoms with van der Waals surface area (Å²) in [5, 5.41) is 3.33. The quantitative estimate of drug-likeness (QED) is 0.732. The third-order valence-corrected chi connectivity index (χ3v) is 3.73. The molecule has 0 saturated heterocycles. The molecule has 25 heavy (non-hydrogen) atoms. The van der Waals surface area contributed by atoms with Gasteiger partial charge in [0.15, 0.2) is 0 Å². The molecule has 6 heteroatoms. The molecule has 0 aliphatic rings. The zero-order chi connectivity index (χ0) is 18.1. The van der Waals surface area contributed by atoms with E-state index in [1.54, 1.807) is 31.3 Å². The van der Waals surface area contributed by atoms with Crippen molar-refractivity contribution in [2.24, 2.45) is 0 Å². The van der Waals surface area contributed by atoms with Gasteiger partial charge in [-0.1, -0.05) is 29.8 Å². The van der Waals surface area contributed by atoms with Crippen molar-refractivity contribution in [2.45, 2.75) is 12.8 Å². The molecule has 0 fully saturated rings. The highest BCUT2D eigenvalue weighted by Crippen LogP contribution is 2.13. The van der Waals surface area contributed by atoms with E-state index in [0.717, 1.165) is 5.75 Å². The van der Waals surface area contributed by atoms with Crippen molar-refractivity contribution < 1.29 is 14.3 Å².